The number of hydrogen-bond acceptors (Lipinski definition) is 3. The van der Waals surface area contributed by atoms with E-state index >= 15 is 0 Å². The zero-order valence-corrected chi connectivity index (χ0v) is 10.6. The van der Waals surface area contributed by atoms with Crippen LogP contribution in [0.5, 0.6) is 5.75 Å². The number of aryl methyl sites for hydroxylation is 2. The normalized spacial score (nSPS) is 10.3. The molecule has 2 N–H and O–H groups in total. The Kier molecular flexibility index (Phi) is 4.31. The summed E-state index contributed by atoms with van der Waals surface area (Å²) < 4.78 is 5.21. The summed E-state index contributed by atoms with van der Waals surface area (Å²) in [5.41, 5.74) is 9.08. The molecule has 0 atom stereocenters. The van der Waals surface area contributed by atoms with Crippen molar-refractivity contribution in [1.29, 1.82) is 0 Å². The highest BCUT2D eigenvalue weighted by Gasteiger charge is 2.04. The van der Waals surface area contributed by atoms with E-state index in [9.17, 15) is 0 Å². The predicted molar refractivity (Wildman–Crippen MR) is 72.5 cm³/mol. The summed E-state index contributed by atoms with van der Waals surface area (Å²) in [6.07, 6.45) is 3.66. The van der Waals surface area contributed by atoms with Gasteiger partial charge in [-0.1, -0.05) is 30.3 Å². The lowest BCUT2D eigenvalue weighted by atomic mass is 10.1. The molecular weight excluding hydrogens is 224 g/mol. The summed E-state index contributed by atoms with van der Waals surface area (Å²) in [4.78, 5) is 4.39. The molecule has 0 aliphatic rings. The molecule has 3 nitrogen and oxygen atoms in total. The molecule has 0 saturated carbocycles. The Morgan fingerprint density at radius 1 is 1.17 bits per heavy atom. The first-order valence-corrected chi connectivity index (χ1v) is 6.09. The second-order valence-electron chi connectivity index (χ2n) is 4.18. The van der Waals surface area contributed by atoms with Gasteiger partial charge in [-0.15, -0.1) is 0 Å². The van der Waals surface area contributed by atoms with E-state index in [4.69, 9.17) is 10.5 Å². The van der Waals surface area contributed by atoms with E-state index in [1.807, 2.05) is 12.1 Å². The van der Waals surface area contributed by atoms with Crippen LogP contribution in [0.15, 0.2) is 42.6 Å². The SMILES string of the molecule is COc1cnc(CCc2ccccc2)cc1CN. The summed E-state index contributed by atoms with van der Waals surface area (Å²) in [7, 11) is 1.64. The van der Waals surface area contributed by atoms with Gasteiger partial charge in [-0.25, -0.2) is 0 Å². The first kappa shape index (κ1) is 12.6. The van der Waals surface area contributed by atoms with Crippen LogP contribution in [-0.2, 0) is 19.4 Å². The smallest absolute Gasteiger partial charge is 0.141 e. The standard InChI is InChI=1S/C15H18N2O/c1-18-15-11-17-14(9-13(15)10-16)8-7-12-5-3-2-4-6-12/h2-6,9,11H,7-8,10,16H2,1H3. The topological polar surface area (TPSA) is 48.1 Å². The number of nitrogens with two attached hydrogens (primary N) is 1. The summed E-state index contributed by atoms with van der Waals surface area (Å²) in [6, 6.07) is 12.4. The molecule has 94 valence electrons. The van der Waals surface area contributed by atoms with Crippen molar-refractivity contribution in [3.05, 3.63) is 59.4 Å². The van der Waals surface area contributed by atoms with Gasteiger partial charge in [0.1, 0.15) is 5.75 Å². The quantitative estimate of drug-likeness (QED) is 0.875. The molecule has 0 aliphatic carbocycles. The Morgan fingerprint density at radius 3 is 2.61 bits per heavy atom. The maximum Gasteiger partial charge on any atom is 0.141 e. The third-order valence-electron chi connectivity index (χ3n) is 2.96. The van der Waals surface area contributed by atoms with E-state index < -0.39 is 0 Å². The fourth-order valence-corrected chi connectivity index (χ4v) is 1.93. The van der Waals surface area contributed by atoms with Gasteiger partial charge in [0.15, 0.2) is 0 Å². The van der Waals surface area contributed by atoms with Crippen molar-refractivity contribution in [1.82, 2.24) is 4.98 Å². The molecule has 2 rings (SSSR count). The van der Waals surface area contributed by atoms with Gasteiger partial charge in [-0.3, -0.25) is 4.98 Å². The lowest BCUT2D eigenvalue weighted by molar-refractivity contribution is 0.407. The highest BCUT2D eigenvalue weighted by atomic mass is 16.5. The minimum Gasteiger partial charge on any atom is -0.495 e. The van der Waals surface area contributed by atoms with E-state index in [-0.39, 0.29) is 0 Å². The number of nitrogens with zero attached hydrogens (tertiary/aromatic N) is 1. The summed E-state index contributed by atoms with van der Waals surface area (Å²) in [5.74, 6) is 0.765. The molecule has 0 saturated heterocycles. The second kappa shape index (κ2) is 6.17. The van der Waals surface area contributed by atoms with Crippen molar-refractivity contribution >= 4 is 0 Å². The molecule has 0 unspecified atom stereocenters. The summed E-state index contributed by atoms with van der Waals surface area (Å²) >= 11 is 0. The van der Waals surface area contributed by atoms with Crippen molar-refractivity contribution in [2.24, 2.45) is 5.73 Å². The lowest BCUT2D eigenvalue weighted by Gasteiger charge is -2.08. The molecule has 2 aromatic rings. The number of rotatable bonds is 5. The highest BCUT2D eigenvalue weighted by molar-refractivity contribution is 5.32. The molecular formula is C15H18N2O. The van der Waals surface area contributed by atoms with E-state index in [2.05, 4.69) is 29.2 Å². The van der Waals surface area contributed by atoms with E-state index in [0.717, 1.165) is 29.8 Å². The van der Waals surface area contributed by atoms with Crippen LogP contribution in [0, 0.1) is 0 Å². The van der Waals surface area contributed by atoms with Crippen LogP contribution in [0.2, 0.25) is 0 Å². The van der Waals surface area contributed by atoms with E-state index in [1.165, 1.54) is 5.56 Å². The monoisotopic (exact) mass is 242 g/mol. The number of ether oxygens (including phenoxy) is 1. The van der Waals surface area contributed by atoms with Crippen molar-refractivity contribution in [2.75, 3.05) is 7.11 Å². The van der Waals surface area contributed by atoms with Crippen LogP contribution < -0.4 is 10.5 Å². The fraction of sp³-hybridized carbons (Fsp3) is 0.267. The molecule has 0 radical (unpaired) electrons. The maximum atomic E-state index is 5.69. The third kappa shape index (κ3) is 3.08. The van der Waals surface area contributed by atoms with Gasteiger partial charge < -0.3 is 10.5 Å². The number of benzene rings is 1. The highest BCUT2D eigenvalue weighted by Crippen LogP contribution is 2.17. The van der Waals surface area contributed by atoms with Crippen LogP contribution in [-0.4, -0.2) is 12.1 Å². The molecule has 18 heavy (non-hydrogen) atoms. The number of aromatic nitrogens is 1. The minimum atomic E-state index is 0.476. The molecule has 0 spiro atoms. The van der Waals surface area contributed by atoms with Gasteiger partial charge in [-0.2, -0.15) is 0 Å². The van der Waals surface area contributed by atoms with Crippen LogP contribution in [0.3, 0.4) is 0 Å². The van der Waals surface area contributed by atoms with Gasteiger partial charge in [0, 0.05) is 17.8 Å². The first-order valence-electron chi connectivity index (χ1n) is 6.09. The molecule has 1 aromatic heterocycles. The molecule has 0 amide bonds. The molecule has 0 bridgehead atoms. The Bertz CT molecular complexity index is 497. The zero-order chi connectivity index (χ0) is 12.8. The molecule has 3 heteroatoms. The van der Waals surface area contributed by atoms with Crippen LogP contribution >= 0.6 is 0 Å². The molecule has 0 aliphatic heterocycles. The van der Waals surface area contributed by atoms with Crippen molar-refractivity contribution in [3.8, 4) is 5.75 Å². The summed E-state index contributed by atoms with van der Waals surface area (Å²) in [5, 5.41) is 0. The van der Waals surface area contributed by atoms with E-state index in [1.54, 1.807) is 13.3 Å². The van der Waals surface area contributed by atoms with Gasteiger partial charge in [0.05, 0.1) is 13.3 Å². The average Bonchev–Trinajstić information content (AvgIpc) is 2.45. The number of methoxy groups -OCH3 is 1. The van der Waals surface area contributed by atoms with Gasteiger partial charge >= 0.3 is 0 Å². The second-order valence-corrected chi connectivity index (χ2v) is 4.18. The number of pyridine rings is 1. The fourth-order valence-electron chi connectivity index (χ4n) is 1.93. The third-order valence-corrected chi connectivity index (χ3v) is 2.96. The minimum absolute atomic E-state index is 0.476. The average molecular weight is 242 g/mol. The van der Waals surface area contributed by atoms with Crippen molar-refractivity contribution < 1.29 is 4.74 Å². The molecule has 1 aromatic carbocycles. The molecule has 1 heterocycles. The van der Waals surface area contributed by atoms with E-state index in [0.29, 0.717) is 6.54 Å². The predicted octanol–water partition coefficient (Wildman–Crippen LogP) is 2.33. The maximum absolute atomic E-state index is 5.69. The van der Waals surface area contributed by atoms with Crippen molar-refractivity contribution in [3.63, 3.8) is 0 Å². The lowest BCUT2D eigenvalue weighted by Crippen LogP contribution is -2.03. The van der Waals surface area contributed by atoms with Crippen LogP contribution in [0.4, 0.5) is 0 Å². The summed E-state index contributed by atoms with van der Waals surface area (Å²) in [6.45, 7) is 0.476. The van der Waals surface area contributed by atoms with Gasteiger partial charge in [0.25, 0.3) is 0 Å². The van der Waals surface area contributed by atoms with Gasteiger partial charge in [-0.05, 0) is 24.5 Å². The Labute approximate surface area is 108 Å². The number of hydrogen-bond donors (Lipinski definition) is 1. The van der Waals surface area contributed by atoms with Gasteiger partial charge in [0.2, 0.25) is 0 Å². The Balaban J connectivity index is 2.06. The van der Waals surface area contributed by atoms with Crippen LogP contribution in [0.1, 0.15) is 16.8 Å². The Morgan fingerprint density at radius 2 is 1.94 bits per heavy atom. The largest absolute Gasteiger partial charge is 0.495 e. The zero-order valence-electron chi connectivity index (χ0n) is 10.6. The molecule has 0 fully saturated rings. The Hall–Kier alpha value is -1.87. The van der Waals surface area contributed by atoms with Crippen LogP contribution in [0.25, 0.3) is 0 Å². The van der Waals surface area contributed by atoms with Crippen molar-refractivity contribution in [2.45, 2.75) is 19.4 Å². The first-order chi connectivity index (χ1) is 8.83.